The van der Waals surface area contributed by atoms with Gasteiger partial charge in [-0.1, -0.05) is 0 Å². The molecule has 0 atom stereocenters. The van der Waals surface area contributed by atoms with E-state index < -0.39 is 5.97 Å². The van der Waals surface area contributed by atoms with Crippen LogP contribution in [0.25, 0.3) is 0 Å². The maximum atomic E-state index is 10.5. The van der Waals surface area contributed by atoms with E-state index in [-0.39, 0.29) is 6.29 Å². The number of hydrogen-bond acceptors (Lipinski definition) is 4. The molecule has 0 fully saturated rings. The van der Waals surface area contributed by atoms with Crippen LogP contribution >= 0.6 is 0 Å². The molecule has 4 heteroatoms. The van der Waals surface area contributed by atoms with Crippen LogP contribution < -0.4 is 9.47 Å². The van der Waals surface area contributed by atoms with E-state index in [0.717, 1.165) is 0 Å². The van der Waals surface area contributed by atoms with Gasteiger partial charge in [-0.3, -0.25) is 4.79 Å². The third-order valence-corrected chi connectivity index (χ3v) is 1.37. The van der Waals surface area contributed by atoms with Crippen LogP contribution in [-0.2, 0) is 9.59 Å². The molecule has 0 saturated heterocycles. The van der Waals surface area contributed by atoms with Crippen molar-refractivity contribution < 1.29 is 19.1 Å². The molecule has 0 N–H and O–H groups in total. The van der Waals surface area contributed by atoms with Crippen LogP contribution in [0.3, 0.4) is 0 Å². The Hall–Kier alpha value is -1.84. The lowest BCUT2D eigenvalue weighted by atomic mass is 10.3. The summed E-state index contributed by atoms with van der Waals surface area (Å²) in [5, 5.41) is 0. The average Bonchev–Trinajstić information content (AvgIpc) is 2.19. The van der Waals surface area contributed by atoms with Crippen LogP contribution in [-0.4, -0.2) is 19.4 Å². The third kappa shape index (κ3) is 2.59. The summed E-state index contributed by atoms with van der Waals surface area (Å²) in [5.74, 6) is 0.0639. The van der Waals surface area contributed by atoms with E-state index in [0.29, 0.717) is 11.5 Å². The Morgan fingerprint density at radius 3 is 2.23 bits per heavy atom. The van der Waals surface area contributed by atoms with Crippen molar-refractivity contribution >= 4 is 12.3 Å². The lowest BCUT2D eigenvalue weighted by Gasteiger charge is -2.01. The molecular formula is C9H8O4. The number of carbonyl (C=O) groups is 2. The van der Waals surface area contributed by atoms with Gasteiger partial charge < -0.3 is 9.47 Å². The zero-order valence-electron chi connectivity index (χ0n) is 7.02. The topological polar surface area (TPSA) is 52.6 Å². The Labute approximate surface area is 75.1 Å². The van der Waals surface area contributed by atoms with Crippen LogP contribution in [0.2, 0.25) is 0 Å². The van der Waals surface area contributed by atoms with Crippen LogP contribution in [0, 0.1) is 0 Å². The van der Waals surface area contributed by atoms with Gasteiger partial charge in [0.2, 0.25) is 6.29 Å². The summed E-state index contributed by atoms with van der Waals surface area (Å²) in [7, 11) is 1.53. The molecule has 1 rings (SSSR count). The molecule has 13 heavy (non-hydrogen) atoms. The molecule has 1 aromatic carbocycles. The van der Waals surface area contributed by atoms with E-state index in [1.165, 1.54) is 7.11 Å². The zero-order valence-corrected chi connectivity index (χ0v) is 7.02. The molecule has 0 aromatic heterocycles. The predicted octanol–water partition coefficient (Wildman–Crippen LogP) is 0.799. The molecule has 0 aliphatic carbocycles. The highest BCUT2D eigenvalue weighted by Crippen LogP contribution is 2.16. The number of methoxy groups -OCH3 is 1. The summed E-state index contributed by atoms with van der Waals surface area (Å²) in [4.78, 5) is 20.4. The third-order valence-electron chi connectivity index (χ3n) is 1.37. The van der Waals surface area contributed by atoms with Gasteiger partial charge in [0.25, 0.3) is 0 Å². The quantitative estimate of drug-likeness (QED) is 0.299. The zero-order chi connectivity index (χ0) is 9.68. The summed E-state index contributed by atoms with van der Waals surface area (Å²) in [6.45, 7) is 0. The molecule has 0 spiro atoms. The summed E-state index contributed by atoms with van der Waals surface area (Å²) in [5.41, 5.74) is 0. The van der Waals surface area contributed by atoms with Crippen molar-refractivity contribution in [3.63, 3.8) is 0 Å². The SMILES string of the molecule is COc1ccc(OC(=O)C=O)cc1. The van der Waals surface area contributed by atoms with E-state index >= 15 is 0 Å². The Bertz CT molecular complexity index is 302. The number of benzene rings is 1. The molecular weight excluding hydrogens is 172 g/mol. The van der Waals surface area contributed by atoms with Crippen molar-refractivity contribution in [3.05, 3.63) is 24.3 Å². The van der Waals surface area contributed by atoms with Crippen LogP contribution in [0.1, 0.15) is 0 Å². The summed E-state index contributed by atoms with van der Waals surface area (Å²) < 4.78 is 9.49. The molecule has 0 saturated carbocycles. The summed E-state index contributed by atoms with van der Waals surface area (Å²) in [6, 6.07) is 6.35. The van der Waals surface area contributed by atoms with E-state index in [4.69, 9.17) is 4.74 Å². The Morgan fingerprint density at radius 1 is 1.23 bits per heavy atom. The number of ether oxygens (including phenoxy) is 2. The van der Waals surface area contributed by atoms with Crippen LogP contribution in [0.4, 0.5) is 0 Å². The number of aldehydes is 1. The smallest absolute Gasteiger partial charge is 0.376 e. The normalized spacial score (nSPS) is 9.00. The first kappa shape index (κ1) is 9.25. The molecule has 0 heterocycles. The van der Waals surface area contributed by atoms with Gasteiger partial charge in [-0.2, -0.15) is 0 Å². The largest absolute Gasteiger partial charge is 0.497 e. The second-order valence-corrected chi connectivity index (χ2v) is 2.21. The lowest BCUT2D eigenvalue weighted by Crippen LogP contribution is -2.08. The second-order valence-electron chi connectivity index (χ2n) is 2.21. The van der Waals surface area contributed by atoms with Gasteiger partial charge in [-0.25, -0.2) is 4.79 Å². The van der Waals surface area contributed by atoms with E-state index in [1.807, 2.05) is 0 Å². The van der Waals surface area contributed by atoms with Gasteiger partial charge in [-0.15, -0.1) is 0 Å². The first-order valence-corrected chi connectivity index (χ1v) is 3.57. The minimum Gasteiger partial charge on any atom is -0.497 e. The molecule has 0 amide bonds. The van der Waals surface area contributed by atoms with Gasteiger partial charge in [0.15, 0.2) is 0 Å². The first-order valence-electron chi connectivity index (χ1n) is 3.57. The lowest BCUT2D eigenvalue weighted by molar-refractivity contribution is -0.141. The highest BCUT2D eigenvalue weighted by atomic mass is 16.5. The van der Waals surface area contributed by atoms with Gasteiger partial charge in [0, 0.05) is 0 Å². The molecule has 0 radical (unpaired) electrons. The maximum Gasteiger partial charge on any atom is 0.376 e. The standard InChI is InChI=1S/C9H8O4/c1-12-7-2-4-8(5-3-7)13-9(11)6-10/h2-6H,1H3. The molecule has 0 unspecified atom stereocenters. The molecule has 0 bridgehead atoms. The van der Waals surface area contributed by atoms with Crippen molar-refractivity contribution in [3.8, 4) is 11.5 Å². The van der Waals surface area contributed by atoms with E-state index in [9.17, 15) is 9.59 Å². The van der Waals surface area contributed by atoms with Gasteiger partial charge in [-0.05, 0) is 24.3 Å². The van der Waals surface area contributed by atoms with Crippen molar-refractivity contribution in [1.29, 1.82) is 0 Å². The molecule has 68 valence electrons. The van der Waals surface area contributed by atoms with Crippen LogP contribution in [0.15, 0.2) is 24.3 Å². The molecule has 1 aromatic rings. The molecule has 0 aliphatic rings. The van der Waals surface area contributed by atoms with Gasteiger partial charge >= 0.3 is 5.97 Å². The average molecular weight is 180 g/mol. The van der Waals surface area contributed by atoms with Crippen molar-refractivity contribution in [2.75, 3.05) is 7.11 Å². The maximum absolute atomic E-state index is 10.5. The van der Waals surface area contributed by atoms with Gasteiger partial charge in [0.1, 0.15) is 11.5 Å². The van der Waals surface area contributed by atoms with Crippen molar-refractivity contribution in [2.45, 2.75) is 0 Å². The van der Waals surface area contributed by atoms with Gasteiger partial charge in [0.05, 0.1) is 7.11 Å². The second kappa shape index (κ2) is 4.25. The Morgan fingerprint density at radius 2 is 1.77 bits per heavy atom. The summed E-state index contributed by atoms with van der Waals surface area (Å²) in [6.07, 6.45) is 0.115. The van der Waals surface area contributed by atoms with Crippen LogP contribution in [0.5, 0.6) is 11.5 Å². The van der Waals surface area contributed by atoms with E-state index in [2.05, 4.69) is 4.74 Å². The number of rotatable bonds is 3. The minimum absolute atomic E-state index is 0.115. The Kier molecular flexibility index (Phi) is 3.03. The van der Waals surface area contributed by atoms with E-state index in [1.54, 1.807) is 24.3 Å². The fraction of sp³-hybridized carbons (Fsp3) is 0.111. The van der Waals surface area contributed by atoms with Crippen molar-refractivity contribution in [1.82, 2.24) is 0 Å². The first-order chi connectivity index (χ1) is 6.26. The minimum atomic E-state index is -0.912. The number of hydrogen-bond donors (Lipinski definition) is 0. The fourth-order valence-corrected chi connectivity index (χ4v) is 0.784. The highest BCUT2D eigenvalue weighted by Gasteiger charge is 2.01. The number of carbonyl (C=O) groups excluding carboxylic acids is 2. The molecule has 0 aliphatic heterocycles. The van der Waals surface area contributed by atoms with Crippen molar-refractivity contribution in [2.24, 2.45) is 0 Å². The molecule has 4 nitrogen and oxygen atoms in total. The highest BCUT2D eigenvalue weighted by molar-refractivity contribution is 6.21. The predicted molar refractivity (Wildman–Crippen MR) is 44.7 cm³/mol. The Balaban J connectivity index is 2.69. The monoisotopic (exact) mass is 180 g/mol. The summed E-state index contributed by atoms with van der Waals surface area (Å²) >= 11 is 0. The fourth-order valence-electron chi connectivity index (χ4n) is 0.784. The number of esters is 1.